The third-order valence-electron chi connectivity index (χ3n) is 4.91. The highest BCUT2D eigenvalue weighted by atomic mass is 32.2. The normalized spacial score (nSPS) is 22.2. The first-order chi connectivity index (χ1) is 10.5. The number of hydrogen-bond acceptors (Lipinski definition) is 3. The number of hydrogen-bond donors (Lipinski definition) is 0. The molecule has 0 unspecified atom stereocenters. The van der Waals surface area contributed by atoms with Crippen LogP contribution < -0.4 is 0 Å². The summed E-state index contributed by atoms with van der Waals surface area (Å²) >= 11 is 0. The number of sulfonamides is 1. The molecule has 0 atom stereocenters. The highest BCUT2D eigenvalue weighted by Crippen LogP contribution is 2.26. The van der Waals surface area contributed by atoms with Crippen LogP contribution in [0.5, 0.6) is 0 Å². The summed E-state index contributed by atoms with van der Waals surface area (Å²) in [4.78, 5) is 2.49. The highest BCUT2D eigenvalue weighted by molar-refractivity contribution is 7.88. The summed E-state index contributed by atoms with van der Waals surface area (Å²) in [6.45, 7) is 5.24. The maximum atomic E-state index is 12.7. The second-order valence-electron chi connectivity index (χ2n) is 6.62. The topological polar surface area (TPSA) is 40.6 Å². The predicted octanol–water partition coefficient (Wildman–Crippen LogP) is 2.39. The van der Waals surface area contributed by atoms with Crippen LogP contribution >= 0.6 is 0 Å². The first-order valence-electron chi connectivity index (χ1n) is 8.32. The summed E-state index contributed by atoms with van der Waals surface area (Å²) in [7, 11) is -3.21. The molecule has 3 rings (SSSR count). The van der Waals surface area contributed by atoms with Gasteiger partial charge in [-0.1, -0.05) is 36.2 Å². The summed E-state index contributed by atoms with van der Waals surface area (Å²) in [5.74, 6) is 0.123. The maximum absolute atomic E-state index is 12.7. The van der Waals surface area contributed by atoms with Gasteiger partial charge in [-0.25, -0.2) is 12.7 Å². The van der Waals surface area contributed by atoms with Gasteiger partial charge in [-0.15, -0.1) is 0 Å². The largest absolute Gasteiger partial charge is 0.299 e. The molecule has 1 saturated carbocycles. The second kappa shape index (κ2) is 6.69. The van der Waals surface area contributed by atoms with Gasteiger partial charge in [0, 0.05) is 25.7 Å². The van der Waals surface area contributed by atoms with Crippen molar-refractivity contribution in [2.45, 2.75) is 44.4 Å². The van der Waals surface area contributed by atoms with Crippen LogP contribution in [0.4, 0.5) is 0 Å². The van der Waals surface area contributed by atoms with Gasteiger partial charge >= 0.3 is 0 Å². The molecule has 1 heterocycles. The van der Waals surface area contributed by atoms with Crippen LogP contribution in [0.1, 0.15) is 36.8 Å². The van der Waals surface area contributed by atoms with E-state index in [2.05, 4.69) is 4.90 Å². The lowest BCUT2D eigenvalue weighted by Crippen LogP contribution is -2.42. The zero-order chi connectivity index (χ0) is 15.6. The Kier molecular flexibility index (Phi) is 4.85. The van der Waals surface area contributed by atoms with Gasteiger partial charge < -0.3 is 0 Å². The molecule has 22 heavy (non-hydrogen) atoms. The van der Waals surface area contributed by atoms with Crippen molar-refractivity contribution in [3.05, 3.63) is 35.4 Å². The first kappa shape index (κ1) is 16.0. The second-order valence-corrected chi connectivity index (χ2v) is 8.59. The maximum Gasteiger partial charge on any atom is 0.218 e. The van der Waals surface area contributed by atoms with Crippen LogP contribution in [0.3, 0.4) is 0 Å². The Balaban J connectivity index is 1.64. The molecule has 1 saturated heterocycles. The number of aryl methyl sites for hydroxylation is 1. The summed E-state index contributed by atoms with van der Waals surface area (Å²) in [5, 5.41) is 0. The summed E-state index contributed by atoms with van der Waals surface area (Å²) in [6.07, 6.45) is 4.85. The molecule has 0 N–H and O–H groups in total. The highest BCUT2D eigenvalue weighted by Gasteiger charge is 2.30. The average Bonchev–Trinajstić information content (AvgIpc) is 2.63. The summed E-state index contributed by atoms with van der Waals surface area (Å²) < 4.78 is 27.1. The smallest absolute Gasteiger partial charge is 0.218 e. The van der Waals surface area contributed by atoms with Crippen molar-refractivity contribution in [2.24, 2.45) is 0 Å². The third kappa shape index (κ3) is 3.70. The molecule has 122 valence electrons. The lowest BCUT2D eigenvalue weighted by atomic mass is 9.91. The Morgan fingerprint density at radius 1 is 1.09 bits per heavy atom. The molecule has 1 aromatic rings. The van der Waals surface area contributed by atoms with E-state index in [1.165, 1.54) is 19.3 Å². The molecule has 0 radical (unpaired) electrons. The lowest BCUT2D eigenvalue weighted by molar-refractivity contribution is 0.134. The van der Waals surface area contributed by atoms with Crippen molar-refractivity contribution >= 4 is 10.0 Å². The first-order valence-corrected chi connectivity index (χ1v) is 9.93. The number of benzene rings is 1. The van der Waals surface area contributed by atoms with Crippen molar-refractivity contribution < 1.29 is 8.42 Å². The van der Waals surface area contributed by atoms with E-state index in [0.717, 1.165) is 30.6 Å². The van der Waals surface area contributed by atoms with Crippen LogP contribution in [0.2, 0.25) is 0 Å². The van der Waals surface area contributed by atoms with Crippen LogP contribution in [0.15, 0.2) is 24.3 Å². The minimum absolute atomic E-state index is 0.123. The molecule has 2 aliphatic rings. The Bertz CT molecular complexity index is 611. The van der Waals surface area contributed by atoms with E-state index in [1.54, 1.807) is 4.31 Å². The molecule has 1 aromatic carbocycles. The van der Waals surface area contributed by atoms with Crippen LogP contribution in [0, 0.1) is 6.92 Å². The zero-order valence-electron chi connectivity index (χ0n) is 13.4. The van der Waals surface area contributed by atoms with Gasteiger partial charge in [0.2, 0.25) is 10.0 Å². The van der Waals surface area contributed by atoms with Crippen LogP contribution in [-0.4, -0.2) is 49.8 Å². The molecular weight excluding hydrogens is 296 g/mol. The van der Waals surface area contributed by atoms with E-state index in [1.807, 2.05) is 31.2 Å². The lowest BCUT2D eigenvalue weighted by Gasteiger charge is -2.36. The molecular formula is C17H26N2O2S. The molecule has 5 heteroatoms. The quantitative estimate of drug-likeness (QED) is 0.854. The van der Waals surface area contributed by atoms with E-state index >= 15 is 0 Å². The van der Waals surface area contributed by atoms with Gasteiger partial charge in [-0.05, 0) is 38.3 Å². The molecule has 0 bridgehead atoms. The van der Waals surface area contributed by atoms with Crippen molar-refractivity contribution in [1.29, 1.82) is 0 Å². The Morgan fingerprint density at radius 3 is 2.59 bits per heavy atom. The molecule has 0 spiro atoms. The van der Waals surface area contributed by atoms with Crippen LogP contribution in [-0.2, 0) is 15.8 Å². The fourth-order valence-corrected chi connectivity index (χ4v) is 4.96. The van der Waals surface area contributed by atoms with Gasteiger partial charge in [0.15, 0.2) is 0 Å². The minimum Gasteiger partial charge on any atom is -0.299 e. The van der Waals surface area contributed by atoms with E-state index in [4.69, 9.17) is 0 Å². The molecule has 1 aliphatic carbocycles. The SMILES string of the molecule is Cc1cccc(CS(=O)(=O)N2CCCN(C3CCC3)CC2)c1. The monoisotopic (exact) mass is 322 g/mol. The predicted molar refractivity (Wildman–Crippen MR) is 89.2 cm³/mol. The number of rotatable bonds is 4. The molecule has 0 amide bonds. The average molecular weight is 322 g/mol. The van der Waals surface area contributed by atoms with Crippen molar-refractivity contribution in [1.82, 2.24) is 9.21 Å². The van der Waals surface area contributed by atoms with Gasteiger partial charge in [0.25, 0.3) is 0 Å². The van der Waals surface area contributed by atoms with Crippen LogP contribution in [0.25, 0.3) is 0 Å². The minimum atomic E-state index is -3.21. The van der Waals surface area contributed by atoms with E-state index in [9.17, 15) is 8.42 Å². The van der Waals surface area contributed by atoms with Crippen molar-refractivity contribution in [3.8, 4) is 0 Å². The Hall–Kier alpha value is -0.910. The van der Waals surface area contributed by atoms with Gasteiger partial charge in [-0.2, -0.15) is 0 Å². The standard InChI is InChI=1S/C17H26N2O2S/c1-15-5-2-6-16(13-15)14-22(20,21)19-10-4-9-18(11-12-19)17-7-3-8-17/h2,5-6,13,17H,3-4,7-12,14H2,1H3. The molecule has 1 aliphatic heterocycles. The Labute approximate surface area is 134 Å². The Morgan fingerprint density at radius 2 is 1.91 bits per heavy atom. The fourth-order valence-electron chi connectivity index (χ4n) is 3.41. The van der Waals surface area contributed by atoms with Gasteiger partial charge in [0.05, 0.1) is 5.75 Å². The van der Waals surface area contributed by atoms with Crippen molar-refractivity contribution in [2.75, 3.05) is 26.2 Å². The zero-order valence-corrected chi connectivity index (χ0v) is 14.2. The number of nitrogens with zero attached hydrogens (tertiary/aromatic N) is 2. The molecule has 4 nitrogen and oxygen atoms in total. The molecule has 2 fully saturated rings. The van der Waals surface area contributed by atoms with E-state index < -0.39 is 10.0 Å². The van der Waals surface area contributed by atoms with Gasteiger partial charge in [-0.3, -0.25) is 4.90 Å². The fraction of sp³-hybridized carbons (Fsp3) is 0.647. The summed E-state index contributed by atoms with van der Waals surface area (Å²) in [6, 6.07) is 8.51. The van der Waals surface area contributed by atoms with Gasteiger partial charge in [0.1, 0.15) is 0 Å². The molecule has 0 aromatic heterocycles. The summed E-state index contributed by atoms with van der Waals surface area (Å²) in [5.41, 5.74) is 2.00. The van der Waals surface area contributed by atoms with E-state index in [-0.39, 0.29) is 5.75 Å². The third-order valence-corrected chi connectivity index (χ3v) is 6.76. The van der Waals surface area contributed by atoms with E-state index in [0.29, 0.717) is 19.1 Å². The van der Waals surface area contributed by atoms with Crippen molar-refractivity contribution in [3.63, 3.8) is 0 Å².